The van der Waals surface area contributed by atoms with Crippen LogP contribution in [-0.2, 0) is 13.1 Å². The Morgan fingerprint density at radius 1 is 1.37 bits per heavy atom. The van der Waals surface area contributed by atoms with Gasteiger partial charge in [0.25, 0.3) is 0 Å². The minimum Gasteiger partial charge on any atom is -0.478 e. The Morgan fingerprint density at radius 2 is 2.16 bits per heavy atom. The topological polar surface area (TPSA) is 53.7 Å². The number of benzene rings is 1. The van der Waals surface area contributed by atoms with Gasteiger partial charge in [0.15, 0.2) is 0 Å². The van der Waals surface area contributed by atoms with Gasteiger partial charge in [0, 0.05) is 11.0 Å². The number of carboxylic acid groups (broad SMARTS) is 1. The standard InChI is InChI=1S/C14H14BrNO3/c1-16(9-12-3-2-6-19-12)8-11-5-4-10(14(17)18)7-13(11)15/h2-7H,8-9H2,1H3,(H,17,18). The van der Waals surface area contributed by atoms with E-state index in [-0.39, 0.29) is 5.56 Å². The molecule has 100 valence electrons. The average Bonchev–Trinajstić information content (AvgIpc) is 2.84. The largest absolute Gasteiger partial charge is 0.478 e. The fraction of sp³-hybridized carbons (Fsp3) is 0.214. The van der Waals surface area contributed by atoms with Crippen molar-refractivity contribution in [3.8, 4) is 0 Å². The van der Waals surface area contributed by atoms with Gasteiger partial charge in [-0.05, 0) is 36.9 Å². The first-order valence-corrected chi connectivity index (χ1v) is 6.58. The molecule has 0 bridgehead atoms. The molecule has 0 aliphatic rings. The molecule has 0 saturated carbocycles. The summed E-state index contributed by atoms with van der Waals surface area (Å²) < 4.78 is 6.10. The Labute approximate surface area is 119 Å². The fourth-order valence-corrected chi connectivity index (χ4v) is 2.33. The van der Waals surface area contributed by atoms with E-state index in [4.69, 9.17) is 9.52 Å². The second-order valence-electron chi connectivity index (χ2n) is 4.36. The van der Waals surface area contributed by atoms with E-state index < -0.39 is 5.97 Å². The lowest BCUT2D eigenvalue weighted by atomic mass is 10.1. The Hall–Kier alpha value is -1.59. The first-order valence-electron chi connectivity index (χ1n) is 5.79. The molecular weight excluding hydrogens is 310 g/mol. The number of carbonyl (C=O) groups is 1. The average molecular weight is 324 g/mol. The molecule has 0 fully saturated rings. The first kappa shape index (κ1) is 13.8. The zero-order chi connectivity index (χ0) is 13.8. The lowest BCUT2D eigenvalue weighted by Gasteiger charge is -2.16. The quantitative estimate of drug-likeness (QED) is 0.916. The Kier molecular flexibility index (Phi) is 4.39. The van der Waals surface area contributed by atoms with Crippen LogP contribution in [0.5, 0.6) is 0 Å². The summed E-state index contributed by atoms with van der Waals surface area (Å²) in [6.07, 6.45) is 1.65. The Morgan fingerprint density at radius 3 is 2.74 bits per heavy atom. The lowest BCUT2D eigenvalue weighted by Crippen LogP contribution is -2.17. The molecular formula is C14H14BrNO3. The van der Waals surface area contributed by atoms with Crippen LogP contribution in [0, 0.1) is 0 Å². The van der Waals surface area contributed by atoms with Crippen LogP contribution in [0.15, 0.2) is 45.5 Å². The number of hydrogen-bond acceptors (Lipinski definition) is 3. The maximum atomic E-state index is 10.9. The van der Waals surface area contributed by atoms with Crippen LogP contribution in [0.2, 0.25) is 0 Å². The number of aromatic carboxylic acids is 1. The molecule has 0 radical (unpaired) electrons. The predicted molar refractivity (Wildman–Crippen MR) is 75.0 cm³/mol. The molecule has 1 heterocycles. The highest BCUT2D eigenvalue weighted by Gasteiger charge is 2.09. The maximum absolute atomic E-state index is 10.9. The minimum absolute atomic E-state index is 0.282. The van der Waals surface area contributed by atoms with E-state index in [0.29, 0.717) is 13.1 Å². The van der Waals surface area contributed by atoms with Crippen molar-refractivity contribution in [1.82, 2.24) is 4.90 Å². The van der Waals surface area contributed by atoms with Gasteiger partial charge < -0.3 is 9.52 Å². The second kappa shape index (κ2) is 6.04. The van der Waals surface area contributed by atoms with Crippen molar-refractivity contribution in [2.24, 2.45) is 0 Å². The fourth-order valence-electron chi connectivity index (χ4n) is 1.82. The van der Waals surface area contributed by atoms with Crippen LogP contribution < -0.4 is 0 Å². The number of furan rings is 1. The summed E-state index contributed by atoms with van der Waals surface area (Å²) in [5.41, 5.74) is 1.32. The van der Waals surface area contributed by atoms with Crippen molar-refractivity contribution in [3.63, 3.8) is 0 Å². The van der Waals surface area contributed by atoms with E-state index in [1.165, 1.54) is 0 Å². The van der Waals surface area contributed by atoms with Gasteiger partial charge in [0.2, 0.25) is 0 Å². The zero-order valence-electron chi connectivity index (χ0n) is 10.5. The van der Waals surface area contributed by atoms with Gasteiger partial charge in [0.05, 0.1) is 18.4 Å². The van der Waals surface area contributed by atoms with E-state index in [0.717, 1.165) is 15.8 Å². The van der Waals surface area contributed by atoms with Gasteiger partial charge in [-0.15, -0.1) is 0 Å². The predicted octanol–water partition coefficient (Wildman–Crippen LogP) is 3.37. The third-order valence-corrected chi connectivity index (χ3v) is 3.48. The van der Waals surface area contributed by atoms with Crippen molar-refractivity contribution in [3.05, 3.63) is 58.0 Å². The highest BCUT2D eigenvalue weighted by Crippen LogP contribution is 2.20. The van der Waals surface area contributed by atoms with Crippen molar-refractivity contribution < 1.29 is 14.3 Å². The van der Waals surface area contributed by atoms with Crippen molar-refractivity contribution in [1.29, 1.82) is 0 Å². The van der Waals surface area contributed by atoms with E-state index in [2.05, 4.69) is 20.8 Å². The van der Waals surface area contributed by atoms with E-state index >= 15 is 0 Å². The van der Waals surface area contributed by atoms with E-state index in [9.17, 15) is 4.79 Å². The van der Waals surface area contributed by atoms with Crippen molar-refractivity contribution >= 4 is 21.9 Å². The molecule has 0 spiro atoms. The summed E-state index contributed by atoms with van der Waals surface area (Å²) in [5, 5.41) is 8.91. The number of carboxylic acids is 1. The summed E-state index contributed by atoms with van der Waals surface area (Å²) in [5.74, 6) is -0.0167. The molecule has 0 aliphatic heterocycles. The highest BCUT2D eigenvalue weighted by molar-refractivity contribution is 9.10. The van der Waals surface area contributed by atoms with E-state index in [1.807, 2.05) is 25.2 Å². The van der Waals surface area contributed by atoms with Crippen LogP contribution in [0.25, 0.3) is 0 Å². The number of rotatable bonds is 5. The molecule has 0 aliphatic carbocycles. The van der Waals surface area contributed by atoms with Gasteiger partial charge in [-0.1, -0.05) is 22.0 Å². The van der Waals surface area contributed by atoms with Crippen LogP contribution in [0.1, 0.15) is 21.7 Å². The zero-order valence-corrected chi connectivity index (χ0v) is 12.1. The summed E-state index contributed by atoms with van der Waals surface area (Å²) in [6.45, 7) is 1.42. The third-order valence-electron chi connectivity index (χ3n) is 2.75. The Balaban J connectivity index is 2.04. The number of nitrogens with zero attached hydrogens (tertiary/aromatic N) is 1. The summed E-state index contributed by atoms with van der Waals surface area (Å²) in [7, 11) is 1.99. The van der Waals surface area contributed by atoms with Crippen LogP contribution in [0.3, 0.4) is 0 Å². The second-order valence-corrected chi connectivity index (χ2v) is 5.22. The molecule has 1 aromatic carbocycles. The highest BCUT2D eigenvalue weighted by atomic mass is 79.9. The van der Waals surface area contributed by atoms with Gasteiger partial charge in [-0.2, -0.15) is 0 Å². The van der Waals surface area contributed by atoms with Crippen LogP contribution in [-0.4, -0.2) is 23.0 Å². The summed E-state index contributed by atoms with van der Waals surface area (Å²) in [6, 6.07) is 8.85. The molecule has 1 N–H and O–H groups in total. The molecule has 0 saturated heterocycles. The number of halogens is 1. The molecule has 2 aromatic rings. The molecule has 5 heteroatoms. The smallest absolute Gasteiger partial charge is 0.335 e. The van der Waals surface area contributed by atoms with Crippen molar-refractivity contribution in [2.45, 2.75) is 13.1 Å². The van der Waals surface area contributed by atoms with Gasteiger partial charge in [0.1, 0.15) is 5.76 Å². The van der Waals surface area contributed by atoms with Gasteiger partial charge >= 0.3 is 5.97 Å². The third kappa shape index (κ3) is 3.68. The molecule has 0 atom stereocenters. The molecule has 1 aromatic heterocycles. The molecule has 4 nitrogen and oxygen atoms in total. The summed E-state index contributed by atoms with van der Waals surface area (Å²) in [4.78, 5) is 13.0. The van der Waals surface area contributed by atoms with Crippen molar-refractivity contribution in [2.75, 3.05) is 7.05 Å². The Bertz CT molecular complexity index is 566. The molecule has 0 unspecified atom stereocenters. The van der Waals surface area contributed by atoms with Gasteiger partial charge in [-0.3, -0.25) is 4.90 Å². The SMILES string of the molecule is CN(Cc1ccco1)Cc1ccc(C(=O)O)cc1Br. The molecule has 2 rings (SSSR count). The summed E-state index contributed by atoms with van der Waals surface area (Å²) >= 11 is 3.41. The van der Waals surface area contributed by atoms with Gasteiger partial charge in [-0.25, -0.2) is 4.79 Å². The number of hydrogen-bond donors (Lipinski definition) is 1. The molecule has 19 heavy (non-hydrogen) atoms. The maximum Gasteiger partial charge on any atom is 0.335 e. The van der Waals surface area contributed by atoms with Crippen LogP contribution in [0.4, 0.5) is 0 Å². The lowest BCUT2D eigenvalue weighted by molar-refractivity contribution is 0.0697. The molecule has 0 amide bonds. The van der Waals surface area contributed by atoms with E-state index in [1.54, 1.807) is 18.4 Å². The normalized spacial score (nSPS) is 10.9. The monoisotopic (exact) mass is 323 g/mol. The minimum atomic E-state index is -0.920. The van der Waals surface area contributed by atoms with Crippen LogP contribution >= 0.6 is 15.9 Å². The first-order chi connectivity index (χ1) is 9.06.